The first-order valence-electron chi connectivity index (χ1n) is 5.75. The van der Waals surface area contributed by atoms with Gasteiger partial charge in [0.1, 0.15) is 0 Å². The fraction of sp³-hybridized carbons (Fsp3) is 0.364. The minimum Gasteiger partial charge on any atom is -0.325 e. The molecule has 6 nitrogen and oxygen atoms in total. The molecule has 0 fully saturated rings. The number of halogens is 3. The van der Waals surface area contributed by atoms with Crippen LogP contribution in [-0.4, -0.2) is 40.6 Å². The molecular weight excluding hydrogens is 311 g/mol. The molecule has 10 heteroatoms. The summed E-state index contributed by atoms with van der Waals surface area (Å²) in [5.41, 5.74) is 0.171. The zero-order valence-corrected chi connectivity index (χ0v) is 11.8. The van der Waals surface area contributed by atoms with Gasteiger partial charge in [0.2, 0.25) is 15.9 Å². The van der Waals surface area contributed by atoms with E-state index in [1.807, 2.05) is 5.32 Å². The van der Waals surface area contributed by atoms with Gasteiger partial charge in [-0.1, -0.05) is 6.07 Å². The van der Waals surface area contributed by atoms with Crippen molar-refractivity contribution in [2.45, 2.75) is 11.1 Å². The first kappa shape index (κ1) is 17.4. The van der Waals surface area contributed by atoms with E-state index >= 15 is 0 Å². The average Bonchev–Trinajstić information content (AvgIpc) is 2.37. The van der Waals surface area contributed by atoms with Crippen molar-refractivity contribution in [3.8, 4) is 0 Å². The third-order valence-corrected chi connectivity index (χ3v) is 3.72. The largest absolute Gasteiger partial charge is 0.401 e. The minimum atomic E-state index is -4.40. The van der Waals surface area contributed by atoms with E-state index in [1.165, 1.54) is 31.3 Å². The maximum absolute atomic E-state index is 11.9. The van der Waals surface area contributed by atoms with Gasteiger partial charge in [0.25, 0.3) is 0 Å². The Balaban J connectivity index is 2.63. The van der Waals surface area contributed by atoms with Gasteiger partial charge in [-0.2, -0.15) is 13.2 Å². The van der Waals surface area contributed by atoms with Gasteiger partial charge in [-0.15, -0.1) is 0 Å². The Bertz CT molecular complexity index is 602. The molecule has 0 saturated carbocycles. The lowest BCUT2D eigenvalue weighted by Crippen LogP contribution is -2.35. The number of carbonyl (C=O) groups excluding carboxylic acids is 1. The summed E-state index contributed by atoms with van der Waals surface area (Å²) >= 11 is 0. The molecule has 0 heterocycles. The van der Waals surface area contributed by atoms with Crippen LogP contribution in [0.5, 0.6) is 0 Å². The molecule has 1 rings (SSSR count). The number of hydrogen-bond acceptors (Lipinski definition) is 4. The van der Waals surface area contributed by atoms with Crippen LogP contribution >= 0.6 is 0 Å². The highest BCUT2D eigenvalue weighted by atomic mass is 32.2. The van der Waals surface area contributed by atoms with Crippen molar-refractivity contribution in [1.82, 2.24) is 10.0 Å². The summed E-state index contributed by atoms with van der Waals surface area (Å²) in [6.45, 7) is -1.82. The number of benzene rings is 1. The molecule has 0 bridgehead atoms. The number of amides is 1. The number of sulfonamides is 1. The van der Waals surface area contributed by atoms with Gasteiger partial charge in [-0.25, -0.2) is 13.1 Å². The van der Waals surface area contributed by atoms with Gasteiger partial charge in [0.05, 0.1) is 18.0 Å². The molecule has 0 aromatic heterocycles. The average molecular weight is 325 g/mol. The lowest BCUT2D eigenvalue weighted by molar-refractivity contribution is -0.126. The molecule has 0 unspecified atom stereocenters. The molecule has 0 atom stereocenters. The van der Waals surface area contributed by atoms with Crippen molar-refractivity contribution in [3.63, 3.8) is 0 Å². The molecule has 0 aliphatic heterocycles. The van der Waals surface area contributed by atoms with Crippen molar-refractivity contribution >= 4 is 21.6 Å². The maximum atomic E-state index is 11.9. The normalized spacial score (nSPS) is 12.2. The Morgan fingerprint density at radius 1 is 1.29 bits per heavy atom. The van der Waals surface area contributed by atoms with Crippen LogP contribution in [-0.2, 0) is 14.8 Å². The Morgan fingerprint density at radius 3 is 2.52 bits per heavy atom. The zero-order chi connectivity index (χ0) is 16.1. The van der Waals surface area contributed by atoms with E-state index in [1.54, 1.807) is 0 Å². The van der Waals surface area contributed by atoms with Crippen molar-refractivity contribution < 1.29 is 26.4 Å². The van der Waals surface area contributed by atoms with E-state index < -0.39 is 35.2 Å². The number of carbonyl (C=O) groups is 1. The zero-order valence-electron chi connectivity index (χ0n) is 11.0. The summed E-state index contributed by atoms with van der Waals surface area (Å²) in [5.74, 6) is -0.710. The molecule has 21 heavy (non-hydrogen) atoms. The molecule has 3 N–H and O–H groups in total. The highest BCUT2D eigenvalue weighted by Gasteiger charge is 2.26. The molecule has 1 aromatic carbocycles. The van der Waals surface area contributed by atoms with Gasteiger partial charge in [0.15, 0.2) is 0 Å². The molecule has 0 radical (unpaired) electrons. The third kappa shape index (κ3) is 6.10. The van der Waals surface area contributed by atoms with Crippen molar-refractivity contribution in [3.05, 3.63) is 24.3 Å². The summed E-state index contributed by atoms with van der Waals surface area (Å²) in [6, 6.07) is 5.36. The maximum Gasteiger partial charge on any atom is 0.401 e. The Labute approximate surface area is 119 Å². The van der Waals surface area contributed by atoms with Crippen LogP contribution in [0.1, 0.15) is 0 Å². The van der Waals surface area contributed by atoms with E-state index in [0.717, 1.165) is 0 Å². The second-order valence-corrected chi connectivity index (χ2v) is 5.89. The second kappa shape index (κ2) is 6.87. The Hall–Kier alpha value is -1.65. The minimum absolute atomic E-state index is 0.0638. The lowest BCUT2D eigenvalue weighted by Gasteiger charge is -2.10. The second-order valence-electron chi connectivity index (χ2n) is 4.00. The Morgan fingerprint density at radius 2 is 1.95 bits per heavy atom. The van der Waals surface area contributed by atoms with E-state index in [9.17, 15) is 26.4 Å². The fourth-order valence-electron chi connectivity index (χ4n) is 1.38. The summed E-state index contributed by atoms with van der Waals surface area (Å²) in [7, 11) is -2.42. The summed E-state index contributed by atoms with van der Waals surface area (Å²) in [4.78, 5) is 11.4. The van der Waals surface area contributed by atoms with Crippen molar-refractivity contribution in [2.24, 2.45) is 0 Å². The summed E-state index contributed by atoms with van der Waals surface area (Å²) in [6.07, 6.45) is -4.40. The Kier molecular flexibility index (Phi) is 5.70. The van der Waals surface area contributed by atoms with Gasteiger partial charge < -0.3 is 10.6 Å². The molecule has 1 aromatic rings. The number of hydrogen-bond donors (Lipinski definition) is 3. The van der Waals surface area contributed by atoms with Crippen LogP contribution in [0, 0.1) is 0 Å². The fourth-order valence-corrected chi connectivity index (χ4v) is 2.16. The van der Waals surface area contributed by atoms with E-state index in [2.05, 4.69) is 10.0 Å². The number of nitrogens with one attached hydrogen (secondary N) is 3. The standard InChI is InChI=1S/C11H14F3N3O3S/c1-15-21(19,20)9-4-2-3-8(5-9)17-10(18)6-16-7-11(12,13)14/h2-5,15-16H,6-7H2,1H3,(H,17,18). The van der Waals surface area contributed by atoms with Gasteiger partial charge in [0, 0.05) is 5.69 Å². The highest BCUT2D eigenvalue weighted by Crippen LogP contribution is 2.15. The molecular formula is C11H14F3N3O3S. The third-order valence-electron chi connectivity index (χ3n) is 2.31. The smallest absolute Gasteiger partial charge is 0.325 e. The molecule has 118 valence electrons. The van der Waals surface area contributed by atoms with E-state index in [0.29, 0.717) is 0 Å². The summed E-state index contributed by atoms with van der Waals surface area (Å²) in [5, 5.41) is 4.24. The predicted molar refractivity (Wildman–Crippen MR) is 70.2 cm³/mol. The SMILES string of the molecule is CNS(=O)(=O)c1cccc(NC(=O)CNCC(F)(F)F)c1. The van der Waals surface area contributed by atoms with E-state index in [-0.39, 0.29) is 10.6 Å². The van der Waals surface area contributed by atoms with Crippen LogP contribution in [0.15, 0.2) is 29.2 Å². The number of anilines is 1. The van der Waals surface area contributed by atoms with Crippen molar-refractivity contribution in [2.75, 3.05) is 25.5 Å². The van der Waals surface area contributed by atoms with Crippen molar-refractivity contribution in [1.29, 1.82) is 0 Å². The first-order chi connectivity index (χ1) is 9.64. The molecule has 0 aliphatic rings. The molecule has 0 aliphatic carbocycles. The van der Waals surface area contributed by atoms with Crippen LogP contribution in [0.2, 0.25) is 0 Å². The van der Waals surface area contributed by atoms with Gasteiger partial charge in [-0.05, 0) is 25.2 Å². The van der Waals surface area contributed by atoms with Crippen LogP contribution in [0.3, 0.4) is 0 Å². The highest BCUT2D eigenvalue weighted by molar-refractivity contribution is 7.89. The van der Waals surface area contributed by atoms with Crippen LogP contribution in [0.4, 0.5) is 18.9 Å². The van der Waals surface area contributed by atoms with Gasteiger partial charge in [-0.3, -0.25) is 4.79 Å². The summed E-state index contributed by atoms with van der Waals surface area (Å²) < 4.78 is 60.9. The first-order valence-corrected chi connectivity index (χ1v) is 7.23. The van der Waals surface area contributed by atoms with Gasteiger partial charge >= 0.3 is 6.18 Å². The quantitative estimate of drug-likeness (QED) is 0.718. The predicted octanol–water partition coefficient (Wildman–Crippen LogP) is 0.685. The lowest BCUT2D eigenvalue weighted by atomic mass is 10.3. The van der Waals surface area contributed by atoms with E-state index in [4.69, 9.17) is 0 Å². The molecule has 1 amide bonds. The molecule has 0 spiro atoms. The van der Waals surface area contributed by atoms with Crippen LogP contribution < -0.4 is 15.4 Å². The topological polar surface area (TPSA) is 87.3 Å². The monoisotopic (exact) mass is 325 g/mol. The number of rotatable bonds is 6. The number of alkyl halides is 3. The van der Waals surface area contributed by atoms with Crippen LogP contribution in [0.25, 0.3) is 0 Å². The molecule has 0 saturated heterocycles.